The molecule has 4 nitrogen and oxygen atoms in total. The van der Waals surface area contributed by atoms with Crippen molar-refractivity contribution in [3.8, 4) is 5.75 Å². The van der Waals surface area contributed by atoms with Crippen molar-refractivity contribution in [3.05, 3.63) is 65.9 Å². The molecule has 1 unspecified atom stereocenters. The summed E-state index contributed by atoms with van der Waals surface area (Å²) in [6.45, 7) is 0. The van der Waals surface area contributed by atoms with Crippen LogP contribution in [0.5, 0.6) is 5.75 Å². The fourth-order valence-corrected chi connectivity index (χ4v) is 2.84. The molecule has 23 heavy (non-hydrogen) atoms. The van der Waals surface area contributed by atoms with Gasteiger partial charge in [-0.3, -0.25) is 4.79 Å². The number of carbonyl (C=O) groups excluding carboxylic acids is 1. The quantitative estimate of drug-likeness (QED) is 0.677. The first-order valence-electron chi connectivity index (χ1n) is 7.44. The molecule has 4 heteroatoms. The molecular formula is C19H18NO3-. The number of ether oxygens (including phenoxy) is 2. The molecule has 118 valence electrons. The Morgan fingerprint density at radius 1 is 1.13 bits per heavy atom. The summed E-state index contributed by atoms with van der Waals surface area (Å²) < 4.78 is 10.3. The van der Waals surface area contributed by atoms with Crippen LogP contribution in [0.15, 0.2) is 54.7 Å². The normalized spacial score (nSPS) is 12.1. The Balaban J connectivity index is 2.08. The summed E-state index contributed by atoms with van der Waals surface area (Å²) in [5.41, 5.74) is 2.91. The van der Waals surface area contributed by atoms with Gasteiger partial charge in [-0.2, -0.15) is 6.20 Å². The number of hydrogen-bond acceptors (Lipinski definition) is 3. The predicted octanol–water partition coefficient (Wildman–Crippen LogP) is 3.50. The summed E-state index contributed by atoms with van der Waals surface area (Å²) in [6, 6.07) is 15.8. The highest BCUT2D eigenvalue weighted by atomic mass is 16.5. The fourth-order valence-electron chi connectivity index (χ4n) is 2.84. The Morgan fingerprint density at radius 2 is 1.96 bits per heavy atom. The molecule has 1 atom stereocenters. The molecule has 0 bridgehead atoms. The number of rotatable bonds is 5. The van der Waals surface area contributed by atoms with Crippen LogP contribution in [0, 0.1) is 0 Å². The standard InChI is InChI=1S/C19H18NO3/c1-22-18-6-4-3-5-15(18)16(12-19(21)23-2)14-8-7-13-9-10-20-17(13)11-14/h3-11,16H,12H2,1-2H3/q-1. The maximum atomic E-state index is 11.9. The number of fused-ring (bicyclic) bond motifs is 1. The number of nitrogens with zero attached hydrogens (tertiary/aromatic N) is 1. The van der Waals surface area contributed by atoms with E-state index in [2.05, 4.69) is 4.98 Å². The van der Waals surface area contributed by atoms with Gasteiger partial charge in [0.05, 0.1) is 20.6 Å². The van der Waals surface area contributed by atoms with Crippen molar-refractivity contribution in [2.24, 2.45) is 0 Å². The van der Waals surface area contributed by atoms with Gasteiger partial charge in [0.2, 0.25) is 0 Å². The van der Waals surface area contributed by atoms with E-state index >= 15 is 0 Å². The molecule has 0 aliphatic rings. The van der Waals surface area contributed by atoms with Crippen LogP contribution >= 0.6 is 0 Å². The van der Waals surface area contributed by atoms with Gasteiger partial charge in [-0.25, -0.2) is 0 Å². The van der Waals surface area contributed by atoms with Crippen LogP contribution in [0.1, 0.15) is 23.5 Å². The van der Waals surface area contributed by atoms with E-state index in [4.69, 9.17) is 9.47 Å². The van der Waals surface area contributed by atoms with Crippen molar-refractivity contribution >= 4 is 16.9 Å². The van der Waals surface area contributed by atoms with Gasteiger partial charge >= 0.3 is 5.97 Å². The number of benzene rings is 2. The van der Waals surface area contributed by atoms with Crippen molar-refractivity contribution in [1.82, 2.24) is 4.98 Å². The number of carbonyl (C=O) groups is 1. The van der Waals surface area contributed by atoms with Crippen LogP contribution in [0.25, 0.3) is 10.9 Å². The van der Waals surface area contributed by atoms with Crippen molar-refractivity contribution in [2.45, 2.75) is 12.3 Å². The average molecular weight is 308 g/mol. The van der Waals surface area contributed by atoms with Gasteiger partial charge in [-0.1, -0.05) is 42.5 Å². The Labute approximate surface area is 135 Å². The van der Waals surface area contributed by atoms with E-state index in [1.807, 2.05) is 48.5 Å². The first kappa shape index (κ1) is 15.2. The molecule has 1 aromatic heterocycles. The average Bonchev–Trinajstić information content (AvgIpc) is 3.07. The van der Waals surface area contributed by atoms with Gasteiger partial charge in [-0.05, 0) is 17.0 Å². The highest BCUT2D eigenvalue weighted by Crippen LogP contribution is 2.35. The lowest BCUT2D eigenvalue weighted by atomic mass is 9.87. The zero-order valence-corrected chi connectivity index (χ0v) is 13.2. The number of methoxy groups -OCH3 is 2. The largest absolute Gasteiger partial charge is 0.664 e. The summed E-state index contributed by atoms with van der Waals surface area (Å²) in [5, 5.41) is 1.09. The van der Waals surface area contributed by atoms with E-state index in [1.54, 1.807) is 13.3 Å². The van der Waals surface area contributed by atoms with E-state index in [0.717, 1.165) is 27.8 Å². The van der Waals surface area contributed by atoms with Crippen molar-refractivity contribution in [2.75, 3.05) is 14.2 Å². The number of esters is 1. The second-order valence-electron chi connectivity index (χ2n) is 5.34. The Kier molecular flexibility index (Phi) is 4.33. The molecule has 3 rings (SSSR count). The second-order valence-corrected chi connectivity index (χ2v) is 5.34. The lowest BCUT2D eigenvalue weighted by Crippen LogP contribution is -2.11. The molecule has 2 aromatic carbocycles. The predicted molar refractivity (Wildman–Crippen MR) is 88.7 cm³/mol. The molecule has 0 N–H and O–H groups in total. The van der Waals surface area contributed by atoms with E-state index in [0.29, 0.717) is 0 Å². The smallest absolute Gasteiger partial charge is 0.306 e. The van der Waals surface area contributed by atoms with E-state index in [-0.39, 0.29) is 18.3 Å². The number of aromatic nitrogens is 1. The zero-order valence-electron chi connectivity index (χ0n) is 13.2. The van der Waals surface area contributed by atoms with Gasteiger partial charge in [0.15, 0.2) is 0 Å². The molecule has 0 aliphatic carbocycles. The molecule has 0 radical (unpaired) electrons. The Hall–Kier alpha value is -2.75. The van der Waals surface area contributed by atoms with Gasteiger partial charge in [0, 0.05) is 11.5 Å². The van der Waals surface area contributed by atoms with E-state index in [1.165, 1.54) is 7.11 Å². The van der Waals surface area contributed by atoms with E-state index in [9.17, 15) is 4.79 Å². The molecule has 0 amide bonds. The SMILES string of the molecule is COC(=O)CC(c1ccc2cc[n-]c2c1)c1ccccc1OC. The highest BCUT2D eigenvalue weighted by molar-refractivity contribution is 5.80. The minimum Gasteiger partial charge on any atom is -0.664 e. The lowest BCUT2D eigenvalue weighted by Gasteiger charge is -2.20. The van der Waals surface area contributed by atoms with Gasteiger partial charge in [0.25, 0.3) is 0 Å². The van der Waals surface area contributed by atoms with Crippen molar-refractivity contribution < 1.29 is 14.3 Å². The van der Waals surface area contributed by atoms with Crippen LogP contribution < -0.4 is 9.72 Å². The summed E-state index contributed by atoms with van der Waals surface area (Å²) in [4.78, 5) is 16.3. The topological polar surface area (TPSA) is 49.6 Å². The lowest BCUT2D eigenvalue weighted by molar-refractivity contribution is -0.140. The third-order valence-corrected chi connectivity index (χ3v) is 4.04. The summed E-state index contributed by atoms with van der Waals surface area (Å²) >= 11 is 0. The molecule has 0 fully saturated rings. The van der Waals surface area contributed by atoms with Gasteiger partial charge in [-0.15, -0.1) is 5.52 Å². The monoisotopic (exact) mass is 308 g/mol. The second kappa shape index (κ2) is 6.57. The van der Waals surface area contributed by atoms with E-state index < -0.39 is 0 Å². The molecule has 3 aromatic rings. The van der Waals surface area contributed by atoms with Crippen LogP contribution in [-0.4, -0.2) is 20.2 Å². The molecular weight excluding hydrogens is 290 g/mol. The highest BCUT2D eigenvalue weighted by Gasteiger charge is 2.21. The maximum Gasteiger partial charge on any atom is 0.306 e. The van der Waals surface area contributed by atoms with Crippen LogP contribution in [0.4, 0.5) is 0 Å². The van der Waals surface area contributed by atoms with Crippen molar-refractivity contribution in [3.63, 3.8) is 0 Å². The van der Waals surface area contributed by atoms with Crippen LogP contribution in [-0.2, 0) is 9.53 Å². The number of para-hydroxylation sites is 1. The van der Waals surface area contributed by atoms with Crippen LogP contribution in [0.2, 0.25) is 0 Å². The molecule has 0 saturated carbocycles. The Bertz CT molecular complexity index is 822. The van der Waals surface area contributed by atoms with Gasteiger partial charge in [0.1, 0.15) is 5.75 Å². The molecule has 0 saturated heterocycles. The Morgan fingerprint density at radius 3 is 2.74 bits per heavy atom. The van der Waals surface area contributed by atoms with Crippen LogP contribution in [0.3, 0.4) is 0 Å². The third-order valence-electron chi connectivity index (χ3n) is 4.04. The summed E-state index contributed by atoms with van der Waals surface area (Å²) in [5.74, 6) is 0.369. The van der Waals surface area contributed by atoms with Crippen molar-refractivity contribution in [1.29, 1.82) is 0 Å². The first-order valence-corrected chi connectivity index (χ1v) is 7.44. The zero-order chi connectivity index (χ0) is 16.2. The van der Waals surface area contributed by atoms with Gasteiger partial charge < -0.3 is 14.5 Å². The fraction of sp³-hybridized carbons (Fsp3) is 0.211. The first-order chi connectivity index (χ1) is 11.2. The number of hydrogen-bond donors (Lipinski definition) is 0. The molecule has 0 aliphatic heterocycles. The maximum absolute atomic E-state index is 11.9. The molecule has 1 heterocycles. The minimum absolute atomic E-state index is 0.139. The summed E-state index contributed by atoms with van der Waals surface area (Å²) in [6.07, 6.45) is 2.04. The third kappa shape index (κ3) is 3.06. The minimum atomic E-state index is -0.253. The molecule has 0 spiro atoms. The summed E-state index contributed by atoms with van der Waals surface area (Å²) in [7, 11) is 3.04.